The second-order valence-electron chi connectivity index (χ2n) is 9.30. The highest BCUT2D eigenvalue weighted by molar-refractivity contribution is 7.77. The van der Waals surface area contributed by atoms with E-state index in [9.17, 15) is 9.59 Å². The minimum absolute atomic E-state index is 0.0213. The smallest absolute Gasteiger partial charge is 0.344 e. The molecule has 198 valence electrons. The van der Waals surface area contributed by atoms with Crippen molar-refractivity contribution in [3.8, 4) is 11.1 Å². The fraction of sp³-hybridized carbons (Fsp3) is 0.333. The van der Waals surface area contributed by atoms with Crippen LogP contribution in [-0.4, -0.2) is 34.6 Å². The first-order chi connectivity index (χ1) is 17.5. The number of rotatable bonds is 6. The number of esters is 1. The molecule has 4 rings (SSSR count). The van der Waals surface area contributed by atoms with E-state index in [4.69, 9.17) is 20.3 Å². The third-order valence-electron chi connectivity index (χ3n) is 6.15. The lowest BCUT2D eigenvalue weighted by Gasteiger charge is -2.22. The van der Waals surface area contributed by atoms with Gasteiger partial charge in [-0.2, -0.15) is 0 Å². The molecule has 0 spiro atoms. The molecule has 3 aromatic rings. The monoisotopic (exact) mass is 526 g/mol. The molecule has 1 fully saturated rings. The lowest BCUT2D eigenvalue weighted by Crippen LogP contribution is -2.27. The van der Waals surface area contributed by atoms with Crippen molar-refractivity contribution in [1.82, 2.24) is 9.88 Å². The van der Waals surface area contributed by atoms with Crippen LogP contribution in [0.3, 0.4) is 0 Å². The van der Waals surface area contributed by atoms with Crippen molar-refractivity contribution in [2.24, 2.45) is 17.9 Å². The van der Waals surface area contributed by atoms with Gasteiger partial charge in [-0.15, -0.1) is 12.8 Å². The second-order valence-corrected chi connectivity index (χ2v) is 9.30. The van der Waals surface area contributed by atoms with Crippen LogP contribution in [-0.2, 0) is 21.3 Å². The number of fused-ring (bicyclic) bond motifs is 1. The number of thiol groups is 1. The van der Waals surface area contributed by atoms with Crippen molar-refractivity contribution in [3.63, 3.8) is 0 Å². The Morgan fingerprint density at radius 3 is 2.46 bits per heavy atom. The van der Waals surface area contributed by atoms with Crippen LogP contribution in [0.4, 0.5) is 0 Å². The van der Waals surface area contributed by atoms with Crippen LogP contribution in [0, 0.1) is 13.8 Å². The van der Waals surface area contributed by atoms with Gasteiger partial charge in [0.05, 0.1) is 18.0 Å². The summed E-state index contributed by atoms with van der Waals surface area (Å²) in [6, 6.07) is 11.5. The molecule has 1 saturated heterocycles. The van der Waals surface area contributed by atoms with E-state index < -0.39 is 17.9 Å². The summed E-state index contributed by atoms with van der Waals surface area (Å²) in [7, 11) is 1.64. The lowest BCUT2D eigenvalue weighted by atomic mass is 9.90. The Bertz CT molecular complexity index is 1410. The van der Waals surface area contributed by atoms with Crippen molar-refractivity contribution in [3.05, 3.63) is 75.3 Å². The number of aliphatic hydroxyl groups excluding tert-OH is 1. The number of pyridine rings is 1. The average molecular weight is 527 g/mol. The van der Waals surface area contributed by atoms with E-state index in [0.29, 0.717) is 34.3 Å². The molecule has 0 amide bonds. The van der Waals surface area contributed by atoms with Crippen molar-refractivity contribution in [2.75, 3.05) is 13.2 Å². The summed E-state index contributed by atoms with van der Waals surface area (Å²) in [5.41, 5.74) is 11.2. The molecular formula is C27H34N4O5S. The summed E-state index contributed by atoms with van der Waals surface area (Å²) < 4.78 is 12.9. The number of aryl methyl sites for hydroxylation is 2. The highest BCUT2D eigenvalue weighted by atomic mass is 32.1. The zero-order valence-corrected chi connectivity index (χ0v) is 22.6. The number of nitrogens with one attached hydrogen (secondary N) is 1. The number of hydrogen-bond donors (Lipinski definition) is 5. The number of benzene rings is 2. The molecule has 37 heavy (non-hydrogen) atoms. The Kier molecular flexibility index (Phi) is 8.70. The van der Waals surface area contributed by atoms with Gasteiger partial charge in [0.1, 0.15) is 0 Å². The minimum atomic E-state index is -1.10. The van der Waals surface area contributed by atoms with Gasteiger partial charge >= 0.3 is 5.97 Å². The summed E-state index contributed by atoms with van der Waals surface area (Å²) in [6.45, 7) is 7.71. The predicted octanol–water partition coefficient (Wildman–Crippen LogP) is 2.80. The zero-order valence-electron chi connectivity index (χ0n) is 21.7. The third kappa shape index (κ3) is 5.67. The molecule has 1 aliphatic heterocycles. The fourth-order valence-corrected chi connectivity index (χ4v) is 4.55. The molecule has 2 aromatic carbocycles. The van der Waals surface area contributed by atoms with Gasteiger partial charge < -0.3 is 30.2 Å². The van der Waals surface area contributed by atoms with Crippen molar-refractivity contribution >= 4 is 35.3 Å². The van der Waals surface area contributed by atoms with Gasteiger partial charge in [0.25, 0.3) is 5.56 Å². The first kappa shape index (κ1) is 28.3. The quantitative estimate of drug-likeness (QED) is 0.188. The van der Waals surface area contributed by atoms with Gasteiger partial charge in [-0.25, -0.2) is 4.79 Å². The van der Waals surface area contributed by atoms with Gasteiger partial charge in [0.2, 0.25) is 5.79 Å². The molecule has 0 saturated carbocycles. The normalized spacial score (nSPS) is 16.8. The van der Waals surface area contributed by atoms with E-state index >= 15 is 0 Å². The molecule has 0 bridgehead atoms. The molecule has 2 heterocycles. The van der Waals surface area contributed by atoms with Crippen LogP contribution >= 0.6 is 12.8 Å². The number of cyclic esters (lactones) is 1. The third-order valence-corrected chi connectivity index (χ3v) is 6.15. The van der Waals surface area contributed by atoms with Crippen molar-refractivity contribution in [2.45, 2.75) is 39.6 Å². The topological polar surface area (TPSA) is 142 Å². The Balaban J connectivity index is 0.00000186. The summed E-state index contributed by atoms with van der Waals surface area (Å²) in [6.07, 6.45) is 0.557. The van der Waals surface area contributed by atoms with Crippen LogP contribution in [0.5, 0.6) is 0 Å². The number of aromatic nitrogens is 1. The standard InChI is InChI=1S/C27H31N3O5.H3NS/c1-15-6-8-18(16(2)12-15)22-19-9-7-17(21(28)14-29-10-11-31)13-20(19)25(32)30(5)23(22)24-26(33)35-27(3,4)34-24;1-2/h6-9,12-14,24,29,31H,10-11,28H2,1-5H3;2H,1H2/b21-14-;. The Labute approximate surface area is 221 Å². The van der Waals surface area contributed by atoms with Crippen molar-refractivity contribution in [1.29, 1.82) is 0 Å². The van der Waals surface area contributed by atoms with Gasteiger partial charge in [-0.3, -0.25) is 9.93 Å². The minimum Gasteiger partial charge on any atom is -0.431 e. The van der Waals surface area contributed by atoms with Gasteiger partial charge in [0, 0.05) is 44.6 Å². The lowest BCUT2D eigenvalue weighted by molar-refractivity contribution is -0.161. The highest BCUT2D eigenvalue weighted by Crippen LogP contribution is 2.42. The predicted molar refractivity (Wildman–Crippen MR) is 149 cm³/mol. The molecule has 1 aromatic heterocycles. The molecule has 6 N–H and O–H groups in total. The van der Waals surface area contributed by atoms with E-state index in [1.165, 1.54) is 4.57 Å². The largest absolute Gasteiger partial charge is 0.431 e. The molecule has 1 atom stereocenters. The van der Waals surface area contributed by atoms with Crippen molar-refractivity contribution < 1.29 is 19.4 Å². The Hall–Kier alpha value is -3.31. The molecule has 9 nitrogen and oxygen atoms in total. The second kappa shape index (κ2) is 11.4. The zero-order chi connectivity index (χ0) is 27.5. The number of nitrogens with zero attached hydrogens (tertiary/aromatic N) is 1. The van der Waals surface area contributed by atoms with Crippen LogP contribution < -0.4 is 21.7 Å². The van der Waals surface area contributed by atoms with Gasteiger partial charge in [0.15, 0.2) is 6.10 Å². The molecular weight excluding hydrogens is 492 g/mol. The van der Waals surface area contributed by atoms with Gasteiger partial charge in [-0.1, -0.05) is 35.9 Å². The highest BCUT2D eigenvalue weighted by Gasteiger charge is 2.44. The Morgan fingerprint density at radius 2 is 1.86 bits per heavy atom. The number of hydrogen-bond acceptors (Lipinski definition) is 9. The number of carbonyl (C=O) groups excluding carboxylic acids is 1. The van der Waals surface area contributed by atoms with E-state index in [1.807, 2.05) is 38.1 Å². The summed E-state index contributed by atoms with van der Waals surface area (Å²) >= 11 is 3.03. The average Bonchev–Trinajstić information content (AvgIpc) is 3.14. The maximum absolute atomic E-state index is 13.6. The van der Waals surface area contributed by atoms with Crippen LogP contribution in [0.25, 0.3) is 27.6 Å². The molecule has 1 unspecified atom stereocenters. The number of nitrogens with two attached hydrogens (primary N) is 2. The SMILES string of the molecule is Cc1ccc(-c2c(C3OC(C)(C)OC3=O)n(C)c(=O)c3cc(/C(N)=C/NCCO)ccc23)c(C)c1.NS. The number of aliphatic hydroxyl groups is 1. The van der Waals surface area contributed by atoms with E-state index in [0.717, 1.165) is 22.3 Å². The van der Waals surface area contributed by atoms with E-state index in [2.05, 4.69) is 29.3 Å². The van der Waals surface area contributed by atoms with Crippen LogP contribution in [0.2, 0.25) is 0 Å². The first-order valence-corrected chi connectivity index (χ1v) is 12.3. The molecule has 1 aliphatic rings. The first-order valence-electron chi connectivity index (χ1n) is 11.7. The molecule has 10 heteroatoms. The van der Waals surface area contributed by atoms with Gasteiger partial charge in [-0.05, 0) is 42.0 Å². The fourth-order valence-electron chi connectivity index (χ4n) is 4.55. The number of carbonyl (C=O) groups is 1. The summed E-state index contributed by atoms with van der Waals surface area (Å²) in [4.78, 5) is 26.4. The molecule has 0 aliphatic carbocycles. The molecule has 0 radical (unpaired) electrons. The van der Waals surface area contributed by atoms with Crippen LogP contribution in [0.15, 0.2) is 47.4 Å². The number of ether oxygens (including phenoxy) is 2. The van der Waals surface area contributed by atoms with E-state index in [1.54, 1.807) is 33.2 Å². The van der Waals surface area contributed by atoms with E-state index in [-0.39, 0.29) is 12.2 Å². The maximum Gasteiger partial charge on any atom is 0.344 e. The summed E-state index contributed by atoms with van der Waals surface area (Å²) in [5.74, 6) is -1.63. The summed E-state index contributed by atoms with van der Waals surface area (Å²) in [5, 5.41) is 17.3. The Morgan fingerprint density at radius 1 is 1.16 bits per heavy atom. The van der Waals surface area contributed by atoms with Crippen LogP contribution in [0.1, 0.15) is 42.3 Å². The maximum atomic E-state index is 13.6.